The molecule has 0 unspecified atom stereocenters. The van der Waals surface area contributed by atoms with E-state index < -0.39 is 0 Å². The fraction of sp³-hybridized carbons (Fsp3) is 0. The normalized spacial score (nSPS) is 11.1. The van der Waals surface area contributed by atoms with Gasteiger partial charge in [0.05, 0.1) is 22.8 Å². The number of fused-ring (bicyclic) bond motifs is 6. The van der Waals surface area contributed by atoms with Crippen molar-refractivity contribution in [3.63, 3.8) is 0 Å². The van der Waals surface area contributed by atoms with E-state index in [0.717, 1.165) is 43.8 Å². The fourth-order valence-electron chi connectivity index (χ4n) is 6.29. The summed E-state index contributed by atoms with van der Waals surface area (Å²) in [5.74, 6) is 0. The molecule has 0 aliphatic heterocycles. The summed E-state index contributed by atoms with van der Waals surface area (Å²) in [7, 11) is 0. The second-order valence-electron chi connectivity index (χ2n) is 10.6. The van der Waals surface area contributed by atoms with E-state index in [2.05, 4.69) is 18.2 Å². The van der Waals surface area contributed by atoms with Gasteiger partial charge >= 0.3 is 0 Å². The molecule has 0 N–H and O–H groups in total. The van der Waals surface area contributed by atoms with Crippen molar-refractivity contribution in [2.75, 3.05) is 0 Å². The lowest BCUT2D eigenvalue weighted by atomic mass is 9.83. The van der Waals surface area contributed by atoms with Crippen LogP contribution in [0.15, 0.2) is 124 Å². The lowest BCUT2D eigenvalue weighted by molar-refractivity contribution is 0.670. The van der Waals surface area contributed by atoms with Gasteiger partial charge in [-0.05, 0) is 35.9 Å². The first-order valence-electron chi connectivity index (χ1n) is 14.0. The summed E-state index contributed by atoms with van der Waals surface area (Å²) in [6, 6.07) is 43.4. The van der Waals surface area contributed by atoms with E-state index >= 15 is 0 Å². The first-order chi connectivity index (χ1) is 21.7. The maximum Gasteiger partial charge on any atom is 0.143 e. The molecule has 2 heterocycles. The molecule has 0 amide bonds. The summed E-state index contributed by atoms with van der Waals surface area (Å²) in [4.78, 5) is 0. The minimum absolute atomic E-state index is 0.324. The third-order valence-electron chi connectivity index (χ3n) is 8.22. The van der Waals surface area contributed by atoms with E-state index in [9.17, 15) is 15.8 Å². The Morgan fingerprint density at radius 2 is 0.932 bits per heavy atom. The van der Waals surface area contributed by atoms with E-state index in [1.54, 1.807) is 18.2 Å². The number of para-hydroxylation sites is 4. The van der Waals surface area contributed by atoms with Gasteiger partial charge in [-0.25, -0.2) is 0 Å². The molecule has 0 fully saturated rings. The van der Waals surface area contributed by atoms with Gasteiger partial charge in [-0.15, -0.1) is 0 Å². The molecule has 44 heavy (non-hydrogen) atoms. The lowest BCUT2D eigenvalue weighted by Gasteiger charge is -2.17. The van der Waals surface area contributed by atoms with Crippen molar-refractivity contribution in [1.29, 1.82) is 15.8 Å². The zero-order valence-corrected chi connectivity index (χ0v) is 23.1. The molecule has 8 rings (SSSR count). The molecule has 5 nitrogen and oxygen atoms in total. The molecule has 0 saturated carbocycles. The number of benzene rings is 6. The van der Waals surface area contributed by atoms with Crippen LogP contribution in [0.2, 0.25) is 0 Å². The molecule has 5 heteroatoms. The number of nitrogens with zero attached hydrogens (tertiary/aromatic N) is 3. The van der Waals surface area contributed by atoms with Gasteiger partial charge in [-0.1, -0.05) is 84.9 Å². The highest BCUT2D eigenvalue weighted by Crippen LogP contribution is 2.46. The molecular weight excluding hydrogens is 542 g/mol. The molecule has 0 aliphatic rings. The molecule has 0 spiro atoms. The van der Waals surface area contributed by atoms with Crippen molar-refractivity contribution < 1.29 is 8.83 Å². The summed E-state index contributed by atoms with van der Waals surface area (Å²) in [5.41, 5.74) is 7.65. The Kier molecular flexibility index (Phi) is 5.56. The Morgan fingerprint density at radius 1 is 0.432 bits per heavy atom. The molecule has 2 aromatic heterocycles. The van der Waals surface area contributed by atoms with Crippen molar-refractivity contribution in [2.45, 2.75) is 0 Å². The third kappa shape index (κ3) is 3.63. The zero-order valence-electron chi connectivity index (χ0n) is 23.1. The van der Waals surface area contributed by atoms with Crippen molar-refractivity contribution in [3.05, 3.63) is 132 Å². The average Bonchev–Trinajstić information content (AvgIpc) is 3.66. The molecule has 0 saturated heterocycles. The number of hydrogen-bond donors (Lipinski definition) is 0. The summed E-state index contributed by atoms with van der Waals surface area (Å²) in [6.07, 6.45) is 0. The van der Waals surface area contributed by atoms with Crippen LogP contribution in [0.3, 0.4) is 0 Å². The van der Waals surface area contributed by atoms with Crippen LogP contribution in [0, 0.1) is 34.0 Å². The van der Waals surface area contributed by atoms with Crippen molar-refractivity contribution in [1.82, 2.24) is 0 Å². The number of hydrogen-bond acceptors (Lipinski definition) is 5. The van der Waals surface area contributed by atoms with Crippen LogP contribution in [0.1, 0.15) is 16.7 Å². The number of rotatable bonds is 3. The second-order valence-corrected chi connectivity index (χ2v) is 10.6. The van der Waals surface area contributed by atoms with Gasteiger partial charge in [-0.2, -0.15) is 15.8 Å². The quantitative estimate of drug-likeness (QED) is 0.214. The standard InChI is InChI=1S/C39H19N3O2/c40-20-23-8-5-9-24(18-23)37-33(21-41)31(29-14-6-12-27-25-10-1-3-16-35(25)43-38(27)29)19-32(34(37)22-42)30-15-7-13-28-26-11-2-4-17-36(26)44-39(28)30/h1-19H. The fourth-order valence-corrected chi connectivity index (χ4v) is 6.29. The van der Waals surface area contributed by atoms with Gasteiger partial charge in [0.2, 0.25) is 0 Å². The summed E-state index contributed by atoms with van der Waals surface area (Å²) in [5, 5.41) is 35.0. The molecular formula is C39H19N3O2. The third-order valence-corrected chi connectivity index (χ3v) is 8.22. The van der Waals surface area contributed by atoms with Crippen LogP contribution in [0.4, 0.5) is 0 Å². The predicted molar refractivity (Wildman–Crippen MR) is 171 cm³/mol. The van der Waals surface area contributed by atoms with Gasteiger partial charge < -0.3 is 8.83 Å². The molecule has 202 valence electrons. The Balaban J connectivity index is 1.54. The summed E-state index contributed by atoms with van der Waals surface area (Å²) in [6.45, 7) is 0. The van der Waals surface area contributed by atoms with E-state index in [0.29, 0.717) is 50.1 Å². The first kappa shape index (κ1) is 25.1. The van der Waals surface area contributed by atoms with E-state index in [-0.39, 0.29) is 0 Å². The van der Waals surface area contributed by atoms with Crippen LogP contribution in [0.25, 0.3) is 77.3 Å². The monoisotopic (exact) mass is 561 g/mol. The van der Waals surface area contributed by atoms with Crippen molar-refractivity contribution in [2.24, 2.45) is 0 Å². The van der Waals surface area contributed by atoms with E-state index in [1.165, 1.54) is 0 Å². The number of furan rings is 2. The van der Waals surface area contributed by atoms with Gasteiger partial charge in [0.15, 0.2) is 0 Å². The first-order valence-corrected chi connectivity index (χ1v) is 14.0. The number of nitriles is 3. The van der Waals surface area contributed by atoms with Crippen molar-refractivity contribution in [3.8, 4) is 51.6 Å². The Bertz CT molecular complexity index is 2450. The van der Waals surface area contributed by atoms with E-state index in [1.807, 2.05) is 97.1 Å². The predicted octanol–water partition coefficient (Wildman–Crippen LogP) is 10.1. The molecule has 0 bridgehead atoms. The summed E-state index contributed by atoms with van der Waals surface area (Å²) >= 11 is 0. The smallest absolute Gasteiger partial charge is 0.143 e. The van der Waals surface area contributed by atoms with Crippen LogP contribution in [-0.4, -0.2) is 0 Å². The van der Waals surface area contributed by atoms with Crippen LogP contribution >= 0.6 is 0 Å². The highest BCUT2D eigenvalue weighted by atomic mass is 16.3. The van der Waals surface area contributed by atoms with Gasteiger partial charge in [0.1, 0.15) is 34.5 Å². The molecule has 6 aromatic carbocycles. The van der Waals surface area contributed by atoms with E-state index in [4.69, 9.17) is 8.83 Å². The molecule has 0 aliphatic carbocycles. The zero-order chi connectivity index (χ0) is 29.8. The van der Waals surface area contributed by atoms with Crippen LogP contribution in [-0.2, 0) is 0 Å². The highest BCUT2D eigenvalue weighted by Gasteiger charge is 2.25. The van der Waals surface area contributed by atoms with Crippen molar-refractivity contribution >= 4 is 43.9 Å². The summed E-state index contributed by atoms with van der Waals surface area (Å²) < 4.78 is 12.8. The molecule has 0 atom stereocenters. The topological polar surface area (TPSA) is 97.7 Å². The van der Waals surface area contributed by atoms with Gasteiger partial charge in [-0.3, -0.25) is 0 Å². The highest BCUT2D eigenvalue weighted by molar-refractivity contribution is 6.13. The molecule has 0 radical (unpaired) electrons. The minimum atomic E-state index is 0.324. The lowest BCUT2D eigenvalue weighted by Crippen LogP contribution is -1.99. The second kappa shape index (κ2) is 9.74. The average molecular weight is 562 g/mol. The minimum Gasteiger partial charge on any atom is -0.455 e. The van der Waals surface area contributed by atoms with Gasteiger partial charge in [0, 0.05) is 49.4 Å². The Hall–Kier alpha value is -6.61. The van der Waals surface area contributed by atoms with Crippen LogP contribution < -0.4 is 0 Å². The van der Waals surface area contributed by atoms with Crippen LogP contribution in [0.5, 0.6) is 0 Å². The molecule has 8 aromatic rings. The Labute approximate surface area is 251 Å². The van der Waals surface area contributed by atoms with Gasteiger partial charge in [0.25, 0.3) is 0 Å². The SMILES string of the molecule is N#Cc1cccc(-c2c(C#N)c(-c3cccc4c3oc3ccccc34)cc(-c3cccc4c3oc3ccccc34)c2C#N)c1. The Morgan fingerprint density at radius 3 is 1.45 bits per heavy atom. The largest absolute Gasteiger partial charge is 0.455 e. The maximum atomic E-state index is 10.7. The maximum absolute atomic E-state index is 10.7.